The quantitative estimate of drug-likeness (QED) is 0.429. The van der Waals surface area contributed by atoms with Crippen molar-refractivity contribution in [2.24, 2.45) is 5.73 Å². The van der Waals surface area contributed by atoms with Crippen molar-refractivity contribution in [2.45, 2.75) is 26.8 Å². The molecule has 0 fully saturated rings. The van der Waals surface area contributed by atoms with Gasteiger partial charge in [0.1, 0.15) is 17.2 Å². The molecule has 0 saturated carbocycles. The lowest BCUT2D eigenvalue weighted by Crippen LogP contribution is -2.27. The maximum Gasteiger partial charge on any atom is 0.255 e. The van der Waals surface area contributed by atoms with Gasteiger partial charge in [-0.05, 0) is 37.6 Å². The average molecular weight is 417 g/mol. The van der Waals surface area contributed by atoms with Gasteiger partial charge in [-0.3, -0.25) is 9.78 Å². The van der Waals surface area contributed by atoms with Crippen molar-refractivity contribution in [2.75, 3.05) is 40.5 Å². The molecule has 164 valence electrons. The SMILES string of the molecule is CCCNCCNCc1cc(-c2c(OC)cc(OCC(N)=O)cc2OC)cc(C)n1. The molecule has 2 aromatic rings. The van der Waals surface area contributed by atoms with Crippen LogP contribution in [-0.2, 0) is 11.3 Å². The fourth-order valence-corrected chi connectivity index (χ4v) is 3.08. The molecule has 0 aliphatic carbocycles. The van der Waals surface area contributed by atoms with Gasteiger partial charge in [-0.25, -0.2) is 0 Å². The Morgan fingerprint density at radius 1 is 1.03 bits per heavy atom. The van der Waals surface area contributed by atoms with E-state index in [1.165, 1.54) is 0 Å². The van der Waals surface area contributed by atoms with Gasteiger partial charge in [0.2, 0.25) is 0 Å². The molecule has 1 aromatic heterocycles. The number of pyridine rings is 1. The molecule has 2 rings (SSSR count). The number of methoxy groups -OCH3 is 2. The van der Waals surface area contributed by atoms with E-state index in [9.17, 15) is 4.79 Å². The van der Waals surface area contributed by atoms with Gasteiger partial charge in [0.05, 0.1) is 25.5 Å². The number of aromatic nitrogens is 1. The summed E-state index contributed by atoms with van der Waals surface area (Å²) in [5.74, 6) is 1.03. The van der Waals surface area contributed by atoms with Gasteiger partial charge in [-0.15, -0.1) is 0 Å². The second kappa shape index (κ2) is 12.0. The number of nitrogens with one attached hydrogen (secondary N) is 2. The van der Waals surface area contributed by atoms with E-state index in [1.54, 1.807) is 26.4 Å². The summed E-state index contributed by atoms with van der Waals surface area (Å²) in [5.41, 5.74) is 8.71. The number of carbonyl (C=O) groups excluding carboxylic acids is 1. The monoisotopic (exact) mass is 416 g/mol. The highest BCUT2D eigenvalue weighted by Gasteiger charge is 2.17. The highest BCUT2D eigenvalue weighted by molar-refractivity contribution is 5.79. The van der Waals surface area contributed by atoms with Gasteiger partial charge in [0.25, 0.3) is 5.91 Å². The van der Waals surface area contributed by atoms with Crippen molar-refractivity contribution >= 4 is 5.91 Å². The van der Waals surface area contributed by atoms with Gasteiger partial charge in [0, 0.05) is 37.5 Å². The van der Waals surface area contributed by atoms with Crippen molar-refractivity contribution < 1.29 is 19.0 Å². The summed E-state index contributed by atoms with van der Waals surface area (Å²) in [6, 6.07) is 7.43. The van der Waals surface area contributed by atoms with Crippen LogP contribution in [0.15, 0.2) is 24.3 Å². The van der Waals surface area contributed by atoms with E-state index < -0.39 is 5.91 Å². The van der Waals surface area contributed by atoms with Gasteiger partial charge in [0.15, 0.2) is 6.61 Å². The summed E-state index contributed by atoms with van der Waals surface area (Å²) >= 11 is 0. The molecule has 1 aromatic carbocycles. The predicted octanol–water partition coefficient (Wildman–Crippen LogP) is 2.03. The molecule has 1 amide bonds. The van der Waals surface area contributed by atoms with Crippen LogP contribution < -0.4 is 30.6 Å². The summed E-state index contributed by atoms with van der Waals surface area (Å²) < 4.78 is 16.6. The zero-order valence-corrected chi connectivity index (χ0v) is 18.2. The molecular formula is C22H32N4O4. The molecule has 0 radical (unpaired) electrons. The Hall–Kier alpha value is -2.84. The van der Waals surface area contributed by atoms with Crippen LogP contribution in [0.4, 0.5) is 0 Å². The van der Waals surface area contributed by atoms with Crippen molar-refractivity contribution in [3.8, 4) is 28.4 Å². The molecule has 8 nitrogen and oxygen atoms in total. The summed E-state index contributed by atoms with van der Waals surface area (Å²) in [5, 5.41) is 6.77. The van der Waals surface area contributed by atoms with Gasteiger partial charge in [-0.1, -0.05) is 6.92 Å². The van der Waals surface area contributed by atoms with E-state index in [4.69, 9.17) is 19.9 Å². The van der Waals surface area contributed by atoms with Crippen LogP contribution in [0.1, 0.15) is 24.7 Å². The zero-order valence-electron chi connectivity index (χ0n) is 18.2. The summed E-state index contributed by atoms with van der Waals surface area (Å²) in [6.07, 6.45) is 1.12. The molecule has 0 atom stereocenters. The lowest BCUT2D eigenvalue weighted by Gasteiger charge is -2.17. The van der Waals surface area contributed by atoms with Gasteiger partial charge >= 0.3 is 0 Å². The van der Waals surface area contributed by atoms with Crippen molar-refractivity contribution in [3.05, 3.63) is 35.7 Å². The minimum Gasteiger partial charge on any atom is -0.496 e. The summed E-state index contributed by atoms with van der Waals surface area (Å²) in [7, 11) is 3.16. The topological polar surface area (TPSA) is 108 Å². The highest BCUT2D eigenvalue weighted by atomic mass is 16.5. The van der Waals surface area contributed by atoms with E-state index in [2.05, 4.69) is 22.5 Å². The Labute approximate surface area is 178 Å². The molecule has 0 spiro atoms. The second-order valence-corrected chi connectivity index (χ2v) is 6.87. The molecule has 30 heavy (non-hydrogen) atoms. The Kier molecular flexibility index (Phi) is 9.37. The summed E-state index contributed by atoms with van der Waals surface area (Å²) in [6.45, 7) is 7.35. The van der Waals surface area contributed by atoms with Crippen LogP contribution >= 0.6 is 0 Å². The number of nitrogens with two attached hydrogens (primary N) is 1. The average Bonchev–Trinajstić information content (AvgIpc) is 2.73. The third-order valence-electron chi connectivity index (χ3n) is 4.37. The maximum atomic E-state index is 11.0. The number of amides is 1. The molecule has 0 aliphatic rings. The first kappa shape index (κ1) is 23.4. The third kappa shape index (κ3) is 6.89. The largest absolute Gasteiger partial charge is 0.496 e. The number of rotatable bonds is 13. The fraction of sp³-hybridized carbons (Fsp3) is 0.455. The van der Waals surface area contributed by atoms with Crippen LogP contribution in [0.3, 0.4) is 0 Å². The molecule has 0 aliphatic heterocycles. The van der Waals surface area contributed by atoms with Gasteiger partial charge in [-0.2, -0.15) is 0 Å². The number of hydrogen-bond donors (Lipinski definition) is 3. The second-order valence-electron chi connectivity index (χ2n) is 6.87. The number of aryl methyl sites for hydroxylation is 1. The standard InChI is InChI=1S/C22H32N4O4/c1-5-6-24-7-8-25-13-17-10-16(9-15(2)26-17)22-19(28-3)11-18(12-20(22)29-4)30-14-21(23)27/h9-12,24-25H,5-8,13-14H2,1-4H3,(H2,23,27). The van der Waals surface area contributed by atoms with Crippen LogP contribution in [0, 0.1) is 6.92 Å². The van der Waals surface area contributed by atoms with Crippen molar-refractivity contribution in [1.29, 1.82) is 0 Å². The number of primary amides is 1. The molecular weight excluding hydrogens is 384 g/mol. The first-order valence-electron chi connectivity index (χ1n) is 10.0. The molecule has 0 unspecified atom stereocenters. The number of carbonyl (C=O) groups is 1. The Balaban J connectivity index is 2.26. The minimum absolute atomic E-state index is 0.219. The smallest absolute Gasteiger partial charge is 0.255 e. The lowest BCUT2D eigenvalue weighted by molar-refractivity contribution is -0.119. The Morgan fingerprint density at radius 2 is 1.70 bits per heavy atom. The van der Waals surface area contributed by atoms with E-state index in [1.807, 2.05) is 19.1 Å². The molecule has 1 heterocycles. The lowest BCUT2D eigenvalue weighted by atomic mass is 10.0. The van der Waals surface area contributed by atoms with E-state index in [-0.39, 0.29) is 6.61 Å². The predicted molar refractivity (Wildman–Crippen MR) is 117 cm³/mol. The number of ether oxygens (including phenoxy) is 3. The number of hydrogen-bond acceptors (Lipinski definition) is 7. The van der Waals surface area contributed by atoms with E-state index in [0.29, 0.717) is 23.8 Å². The Morgan fingerprint density at radius 3 is 2.30 bits per heavy atom. The van der Waals surface area contributed by atoms with E-state index in [0.717, 1.165) is 48.6 Å². The van der Waals surface area contributed by atoms with Crippen LogP contribution in [0.2, 0.25) is 0 Å². The van der Waals surface area contributed by atoms with Crippen molar-refractivity contribution in [3.63, 3.8) is 0 Å². The maximum absolute atomic E-state index is 11.0. The minimum atomic E-state index is -0.552. The highest BCUT2D eigenvalue weighted by Crippen LogP contribution is 2.42. The molecule has 0 bridgehead atoms. The van der Waals surface area contributed by atoms with Crippen molar-refractivity contribution in [1.82, 2.24) is 15.6 Å². The number of nitrogens with zero attached hydrogens (tertiary/aromatic N) is 1. The third-order valence-corrected chi connectivity index (χ3v) is 4.37. The fourth-order valence-electron chi connectivity index (χ4n) is 3.08. The number of benzene rings is 1. The van der Waals surface area contributed by atoms with Crippen LogP contribution in [0.25, 0.3) is 11.1 Å². The summed E-state index contributed by atoms with van der Waals surface area (Å²) in [4.78, 5) is 15.7. The van der Waals surface area contributed by atoms with Gasteiger partial charge < -0.3 is 30.6 Å². The Bertz CT molecular complexity index is 817. The first-order valence-corrected chi connectivity index (χ1v) is 10.0. The van der Waals surface area contributed by atoms with E-state index >= 15 is 0 Å². The zero-order chi connectivity index (χ0) is 21.9. The first-order chi connectivity index (χ1) is 14.5. The molecule has 8 heteroatoms. The normalized spacial score (nSPS) is 10.7. The van der Waals surface area contributed by atoms with Crippen LogP contribution in [0.5, 0.6) is 17.2 Å². The van der Waals surface area contributed by atoms with Crippen LogP contribution in [-0.4, -0.2) is 51.4 Å². The molecule has 4 N–H and O–H groups in total. The molecule has 0 saturated heterocycles.